The van der Waals surface area contributed by atoms with Crippen LogP contribution in [0.2, 0.25) is 0 Å². The predicted octanol–water partition coefficient (Wildman–Crippen LogP) is 4.09. The summed E-state index contributed by atoms with van der Waals surface area (Å²) in [5.74, 6) is -1.02. The number of nitrogens with zero attached hydrogens (tertiary/aromatic N) is 1. The molecule has 1 aromatic heterocycles. The van der Waals surface area contributed by atoms with E-state index >= 15 is 0 Å². The molecule has 134 valence electrons. The summed E-state index contributed by atoms with van der Waals surface area (Å²) < 4.78 is 76.6. The smallest absolute Gasteiger partial charge is 0.352 e. The number of rotatable bonds is 4. The molecule has 0 atom stereocenters. The van der Waals surface area contributed by atoms with Crippen molar-refractivity contribution in [3.8, 4) is 0 Å². The summed E-state index contributed by atoms with van der Waals surface area (Å²) in [5, 5.41) is 2.29. The molecule has 9 heteroatoms. The van der Waals surface area contributed by atoms with Crippen LogP contribution < -0.4 is 5.32 Å². The maximum atomic E-state index is 12.8. The molecule has 2 rings (SSSR count). The molecule has 0 aliphatic carbocycles. The first-order valence-corrected chi connectivity index (χ1v) is 7.05. The number of aromatic nitrogens is 1. The van der Waals surface area contributed by atoms with Crippen molar-refractivity contribution in [3.05, 3.63) is 65.0 Å². The minimum atomic E-state index is -5.00. The second kappa shape index (κ2) is 7.12. The van der Waals surface area contributed by atoms with Crippen molar-refractivity contribution in [2.75, 3.05) is 6.54 Å². The molecule has 1 aromatic carbocycles. The third-order valence-electron chi connectivity index (χ3n) is 3.24. The zero-order valence-electron chi connectivity index (χ0n) is 12.6. The van der Waals surface area contributed by atoms with E-state index in [2.05, 4.69) is 10.3 Å². The van der Waals surface area contributed by atoms with E-state index in [0.717, 1.165) is 0 Å². The van der Waals surface area contributed by atoms with Gasteiger partial charge >= 0.3 is 12.4 Å². The van der Waals surface area contributed by atoms with E-state index in [1.165, 1.54) is 6.20 Å². The van der Waals surface area contributed by atoms with Crippen molar-refractivity contribution >= 4 is 5.91 Å². The second-order valence-corrected chi connectivity index (χ2v) is 5.12. The van der Waals surface area contributed by atoms with Gasteiger partial charge in [-0.15, -0.1) is 0 Å². The highest BCUT2D eigenvalue weighted by Gasteiger charge is 2.37. The van der Waals surface area contributed by atoms with Gasteiger partial charge in [0.1, 0.15) is 0 Å². The topological polar surface area (TPSA) is 42.0 Å². The Kier molecular flexibility index (Phi) is 5.34. The summed E-state index contributed by atoms with van der Waals surface area (Å²) in [6.07, 6.45) is -8.17. The first kappa shape index (κ1) is 18.8. The van der Waals surface area contributed by atoms with Crippen LogP contribution in [0.25, 0.3) is 0 Å². The van der Waals surface area contributed by atoms with Gasteiger partial charge in [-0.2, -0.15) is 26.3 Å². The van der Waals surface area contributed by atoms with E-state index in [1.54, 1.807) is 18.2 Å². The Morgan fingerprint density at radius 1 is 0.960 bits per heavy atom. The first-order chi connectivity index (χ1) is 11.6. The standard InChI is InChI=1S/C16H12F6N2O/c17-15(18,19)11-7-10(8-12(9-11)16(20,21)22)14(25)24-6-4-13-3-1-2-5-23-13/h1-3,5,7-9H,4,6H2,(H,24,25). The largest absolute Gasteiger partial charge is 0.416 e. The highest BCUT2D eigenvalue weighted by atomic mass is 19.4. The molecule has 25 heavy (non-hydrogen) atoms. The predicted molar refractivity (Wildman–Crippen MR) is 76.7 cm³/mol. The lowest BCUT2D eigenvalue weighted by Crippen LogP contribution is -2.27. The summed E-state index contributed by atoms with van der Waals surface area (Å²) in [4.78, 5) is 15.9. The molecule has 1 heterocycles. The highest BCUT2D eigenvalue weighted by molar-refractivity contribution is 5.94. The van der Waals surface area contributed by atoms with E-state index in [9.17, 15) is 31.1 Å². The molecule has 0 bridgehead atoms. The molecule has 3 nitrogen and oxygen atoms in total. The third kappa shape index (κ3) is 5.20. The highest BCUT2D eigenvalue weighted by Crippen LogP contribution is 2.36. The molecule has 1 amide bonds. The van der Waals surface area contributed by atoms with E-state index in [-0.39, 0.29) is 19.0 Å². The molecule has 0 saturated carbocycles. The third-order valence-corrected chi connectivity index (χ3v) is 3.24. The van der Waals surface area contributed by atoms with E-state index < -0.39 is 35.0 Å². The zero-order valence-corrected chi connectivity index (χ0v) is 12.6. The molecule has 0 aliphatic heterocycles. The first-order valence-electron chi connectivity index (χ1n) is 7.05. The Morgan fingerprint density at radius 3 is 2.04 bits per heavy atom. The lowest BCUT2D eigenvalue weighted by Gasteiger charge is -2.14. The van der Waals surface area contributed by atoms with Crippen LogP contribution >= 0.6 is 0 Å². The van der Waals surface area contributed by atoms with E-state index in [0.29, 0.717) is 17.8 Å². The van der Waals surface area contributed by atoms with Gasteiger partial charge in [0.05, 0.1) is 11.1 Å². The molecule has 0 spiro atoms. The van der Waals surface area contributed by atoms with Crippen LogP contribution in [-0.4, -0.2) is 17.4 Å². The Bertz CT molecular complexity index is 708. The lowest BCUT2D eigenvalue weighted by molar-refractivity contribution is -0.143. The van der Waals surface area contributed by atoms with Gasteiger partial charge in [0, 0.05) is 30.4 Å². The van der Waals surface area contributed by atoms with Gasteiger partial charge in [-0.3, -0.25) is 9.78 Å². The van der Waals surface area contributed by atoms with Crippen molar-refractivity contribution in [1.82, 2.24) is 10.3 Å². The van der Waals surface area contributed by atoms with Crippen LogP contribution in [0, 0.1) is 0 Å². The second-order valence-electron chi connectivity index (χ2n) is 5.12. The maximum Gasteiger partial charge on any atom is 0.416 e. The van der Waals surface area contributed by atoms with Crippen molar-refractivity contribution in [3.63, 3.8) is 0 Å². The lowest BCUT2D eigenvalue weighted by atomic mass is 10.0. The summed E-state index contributed by atoms with van der Waals surface area (Å²) in [6.45, 7) is 0.0213. The van der Waals surface area contributed by atoms with Crippen molar-refractivity contribution < 1.29 is 31.1 Å². The monoisotopic (exact) mass is 362 g/mol. The number of hydrogen-bond acceptors (Lipinski definition) is 2. The fourth-order valence-corrected chi connectivity index (χ4v) is 2.04. The van der Waals surface area contributed by atoms with Gasteiger partial charge in [-0.1, -0.05) is 6.07 Å². The van der Waals surface area contributed by atoms with Gasteiger partial charge in [-0.05, 0) is 30.3 Å². The van der Waals surface area contributed by atoms with Gasteiger partial charge in [0.2, 0.25) is 0 Å². The summed E-state index contributed by atoms with van der Waals surface area (Å²) in [5.41, 5.74) is -3.14. The van der Waals surface area contributed by atoms with E-state index in [1.807, 2.05) is 0 Å². The number of nitrogens with one attached hydrogen (secondary N) is 1. The molecule has 0 fully saturated rings. The average molecular weight is 362 g/mol. The molecule has 0 radical (unpaired) electrons. The number of carbonyl (C=O) groups excluding carboxylic acids is 1. The van der Waals surface area contributed by atoms with Crippen LogP contribution in [0.4, 0.5) is 26.3 Å². The molecule has 1 N–H and O–H groups in total. The minimum absolute atomic E-state index is 0.0213. The van der Waals surface area contributed by atoms with Crippen molar-refractivity contribution in [2.45, 2.75) is 18.8 Å². The molecule has 0 unspecified atom stereocenters. The number of halogens is 6. The van der Waals surface area contributed by atoms with Crippen LogP contribution in [0.3, 0.4) is 0 Å². The maximum absolute atomic E-state index is 12.8. The van der Waals surface area contributed by atoms with Gasteiger partial charge in [-0.25, -0.2) is 0 Å². The number of amides is 1. The van der Waals surface area contributed by atoms with Gasteiger partial charge in [0.25, 0.3) is 5.91 Å². The summed E-state index contributed by atoms with van der Waals surface area (Å²) in [6, 6.07) is 5.84. The fraction of sp³-hybridized carbons (Fsp3) is 0.250. The molecular weight excluding hydrogens is 350 g/mol. The molecule has 2 aromatic rings. The summed E-state index contributed by atoms with van der Waals surface area (Å²) in [7, 11) is 0. The normalized spacial score (nSPS) is 12.1. The number of carbonyl (C=O) groups is 1. The Morgan fingerprint density at radius 2 is 1.56 bits per heavy atom. The van der Waals surface area contributed by atoms with Gasteiger partial charge < -0.3 is 5.32 Å². The molecule has 0 saturated heterocycles. The van der Waals surface area contributed by atoms with Gasteiger partial charge in [0.15, 0.2) is 0 Å². The Hall–Kier alpha value is -2.58. The zero-order chi connectivity index (χ0) is 18.7. The average Bonchev–Trinajstić information content (AvgIpc) is 2.53. The quantitative estimate of drug-likeness (QED) is 0.833. The van der Waals surface area contributed by atoms with Crippen LogP contribution in [0.15, 0.2) is 42.6 Å². The van der Waals surface area contributed by atoms with E-state index in [4.69, 9.17) is 0 Å². The van der Waals surface area contributed by atoms with Crippen LogP contribution in [-0.2, 0) is 18.8 Å². The number of hydrogen-bond donors (Lipinski definition) is 1. The number of pyridine rings is 1. The molecular formula is C16H12F6N2O. The number of alkyl halides is 6. The Balaban J connectivity index is 2.17. The summed E-state index contributed by atoms with van der Waals surface area (Å²) >= 11 is 0. The fourth-order valence-electron chi connectivity index (χ4n) is 2.04. The molecule has 0 aliphatic rings. The minimum Gasteiger partial charge on any atom is -0.352 e. The number of benzene rings is 1. The van der Waals surface area contributed by atoms with Crippen molar-refractivity contribution in [2.24, 2.45) is 0 Å². The SMILES string of the molecule is O=C(NCCc1ccccn1)c1cc(C(F)(F)F)cc(C(F)(F)F)c1. The van der Waals surface area contributed by atoms with Crippen LogP contribution in [0.1, 0.15) is 27.2 Å². The van der Waals surface area contributed by atoms with Crippen LogP contribution in [0.5, 0.6) is 0 Å². The Labute approximate surface area is 138 Å². The van der Waals surface area contributed by atoms with Crippen molar-refractivity contribution in [1.29, 1.82) is 0 Å².